The van der Waals surface area contributed by atoms with Crippen molar-refractivity contribution >= 4 is 27.5 Å². The molecule has 2 aromatic carbocycles. The van der Waals surface area contributed by atoms with E-state index in [4.69, 9.17) is 4.74 Å². The summed E-state index contributed by atoms with van der Waals surface area (Å²) in [5.74, 6) is 0.00358. The van der Waals surface area contributed by atoms with Gasteiger partial charge in [0.15, 0.2) is 0 Å². The highest BCUT2D eigenvalue weighted by atomic mass is 32.2. The summed E-state index contributed by atoms with van der Waals surface area (Å²) in [6.45, 7) is 7.76. The van der Waals surface area contributed by atoms with Crippen LogP contribution in [0.5, 0.6) is 5.75 Å². The lowest BCUT2D eigenvalue weighted by Crippen LogP contribution is -2.52. The van der Waals surface area contributed by atoms with Crippen LogP contribution in [0.15, 0.2) is 48.5 Å². The van der Waals surface area contributed by atoms with E-state index in [9.17, 15) is 18.0 Å². The molecule has 0 heterocycles. The van der Waals surface area contributed by atoms with Crippen molar-refractivity contribution in [1.29, 1.82) is 0 Å². The van der Waals surface area contributed by atoms with Crippen LogP contribution in [0.4, 0.5) is 5.69 Å². The number of carbonyl (C=O) groups excluding carboxylic acids is 2. The number of benzene rings is 2. The number of ether oxygens (including phenoxy) is 1. The molecular formula is C26H37N3O5S. The Balaban J connectivity index is 2.48. The Morgan fingerprint density at radius 3 is 2.17 bits per heavy atom. The number of para-hydroxylation sites is 1. The van der Waals surface area contributed by atoms with E-state index < -0.39 is 28.5 Å². The summed E-state index contributed by atoms with van der Waals surface area (Å²) in [4.78, 5) is 28.0. The first-order chi connectivity index (χ1) is 16.5. The van der Waals surface area contributed by atoms with E-state index in [1.165, 1.54) is 4.90 Å². The van der Waals surface area contributed by atoms with E-state index in [0.29, 0.717) is 24.4 Å². The fourth-order valence-electron chi connectivity index (χ4n) is 3.94. The van der Waals surface area contributed by atoms with Crippen LogP contribution in [0.2, 0.25) is 0 Å². The molecule has 9 heteroatoms. The normalized spacial score (nSPS) is 12.2. The molecule has 0 aliphatic rings. The van der Waals surface area contributed by atoms with Gasteiger partial charge >= 0.3 is 0 Å². The van der Waals surface area contributed by atoms with Crippen LogP contribution in [0, 0.1) is 0 Å². The maximum absolute atomic E-state index is 13.7. The SMILES string of the molecule is CCNC(=O)C(CC)N(Cc1ccc(OC)cc1)C(=O)CN(c1ccccc1C(C)C)S(C)(=O)=O. The number of hydrogen-bond donors (Lipinski definition) is 1. The van der Waals surface area contributed by atoms with Gasteiger partial charge in [0.1, 0.15) is 18.3 Å². The summed E-state index contributed by atoms with van der Waals surface area (Å²) in [6.07, 6.45) is 1.47. The van der Waals surface area contributed by atoms with Gasteiger partial charge in [-0.2, -0.15) is 0 Å². The minimum Gasteiger partial charge on any atom is -0.497 e. The molecule has 0 radical (unpaired) electrons. The van der Waals surface area contributed by atoms with Crippen LogP contribution in [0.25, 0.3) is 0 Å². The molecule has 192 valence electrons. The summed E-state index contributed by atoms with van der Waals surface area (Å²) < 4.78 is 32.0. The zero-order valence-corrected chi connectivity index (χ0v) is 22.3. The van der Waals surface area contributed by atoms with Crippen LogP contribution < -0.4 is 14.4 Å². The number of anilines is 1. The molecule has 0 spiro atoms. The smallest absolute Gasteiger partial charge is 0.244 e. The maximum Gasteiger partial charge on any atom is 0.244 e. The van der Waals surface area contributed by atoms with Gasteiger partial charge in [0.25, 0.3) is 0 Å². The summed E-state index contributed by atoms with van der Waals surface area (Å²) >= 11 is 0. The van der Waals surface area contributed by atoms with E-state index in [1.807, 2.05) is 52.0 Å². The highest BCUT2D eigenvalue weighted by Crippen LogP contribution is 2.29. The molecule has 8 nitrogen and oxygen atoms in total. The monoisotopic (exact) mass is 503 g/mol. The minimum atomic E-state index is -3.78. The molecule has 1 atom stereocenters. The zero-order chi connectivity index (χ0) is 26.2. The van der Waals surface area contributed by atoms with Gasteiger partial charge < -0.3 is 15.0 Å². The van der Waals surface area contributed by atoms with Gasteiger partial charge in [-0.1, -0.05) is 51.1 Å². The number of rotatable bonds is 12. The molecule has 0 bridgehead atoms. The quantitative estimate of drug-likeness (QED) is 0.478. The molecule has 0 saturated heterocycles. The Bertz CT molecular complexity index is 1100. The first-order valence-corrected chi connectivity index (χ1v) is 13.6. The average Bonchev–Trinajstić information content (AvgIpc) is 2.82. The number of nitrogens with one attached hydrogen (secondary N) is 1. The predicted molar refractivity (Wildman–Crippen MR) is 139 cm³/mol. The second kappa shape index (κ2) is 12.6. The van der Waals surface area contributed by atoms with Crippen molar-refractivity contribution in [3.05, 3.63) is 59.7 Å². The van der Waals surface area contributed by atoms with E-state index in [0.717, 1.165) is 21.7 Å². The van der Waals surface area contributed by atoms with Gasteiger partial charge in [-0.25, -0.2) is 8.42 Å². The molecular weight excluding hydrogens is 466 g/mol. The van der Waals surface area contributed by atoms with Crippen molar-refractivity contribution in [2.75, 3.05) is 30.8 Å². The van der Waals surface area contributed by atoms with Crippen LogP contribution in [-0.2, 0) is 26.2 Å². The Hall–Kier alpha value is -3.07. The molecule has 1 N–H and O–H groups in total. The molecule has 0 aliphatic heterocycles. The molecule has 0 fully saturated rings. The number of nitrogens with zero attached hydrogens (tertiary/aromatic N) is 2. The van der Waals surface area contributed by atoms with Gasteiger partial charge in [0.2, 0.25) is 21.8 Å². The van der Waals surface area contributed by atoms with E-state index in [2.05, 4.69) is 5.32 Å². The number of likely N-dealkylation sites (N-methyl/N-ethyl adjacent to an activating group) is 1. The fraction of sp³-hybridized carbons (Fsp3) is 0.462. The minimum absolute atomic E-state index is 0.0553. The van der Waals surface area contributed by atoms with Crippen molar-refractivity contribution in [2.24, 2.45) is 0 Å². The van der Waals surface area contributed by atoms with Gasteiger partial charge in [0, 0.05) is 13.1 Å². The number of methoxy groups -OCH3 is 1. The average molecular weight is 504 g/mol. The van der Waals surface area contributed by atoms with Gasteiger partial charge in [-0.15, -0.1) is 0 Å². The number of sulfonamides is 1. The first-order valence-electron chi connectivity index (χ1n) is 11.8. The molecule has 1 unspecified atom stereocenters. The molecule has 2 rings (SSSR count). The molecule has 0 aliphatic carbocycles. The number of carbonyl (C=O) groups is 2. The molecule has 0 saturated carbocycles. The second-order valence-electron chi connectivity index (χ2n) is 8.67. The van der Waals surface area contributed by atoms with Crippen LogP contribution in [0.3, 0.4) is 0 Å². The van der Waals surface area contributed by atoms with Crippen molar-refractivity contribution in [2.45, 2.75) is 52.6 Å². The summed E-state index contributed by atoms with van der Waals surface area (Å²) in [5, 5.41) is 2.79. The van der Waals surface area contributed by atoms with Crippen LogP contribution in [0.1, 0.15) is 51.2 Å². The van der Waals surface area contributed by atoms with Crippen molar-refractivity contribution < 1.29 is 22.7 Å². The maximum atomic E-state index is 13.7. The number of amides is 2. The van der Waals surface area contributed by atoms with Crippen LogP contribution >= 0.6 is 0 Å². The highest BCUT2D eigenvalue weighted by molar-refractivity contribution is 7.92. The first kappa shape index (κ1) is 28.2. The Labute approximate surface area is 209 Å². The lowest BCUT2D eigenvalue weighted by Gasteiger charge is -2.33. The second-order valence-corrected chi connectivity index (χ2v) is 10.6. The molecule has 2 amide bonds. The topological polar surface area (TPSA) is 96.0 Å². The largest absolute Gasteiger partial charge is 0.497 e. The van der Waals surface area contributed by atoms with Gasteiger partial charge in [0.05, 0.1) is 19.1 Å². The summed E-state index contributed by atoms with van der Waals surface area (Å²) in [5.41, 5.74) is 2.09. The lowest BCUT2D eigenvalue weighted by molar-refractivity contribution is -0.140. The van der Waals surface area contributed by atoms with Crippen molar-refractivity contribution in [3.63, 3.8) is 0 Å². The standard InChI is InChI=1S/C26H37N3O5S/c1-7-23(26(31)27-8-2)28(17-20-13-15-21(34-5)16-14-20)25(30)18-29(35(6,32)33)24-12-10-9-11-22(24)19(3)4/h9-16,19,23H,7-8,17-18H2,1-6H3,(H,27,31). The van der Waals surface area contributed by atoms with Crippen molar-refractivity contribution in [3.8, 4) is 5.75 Å². The van der Waals surface area contributed by atoms with Gasteiger partial charge in [-0.05, 0) is 48.6 Å². The van der Waals surface area contributed by atoms with Gasteiger partial charge in [-0.3, -0.25) is 13.9 Å². The Morgan fingerprint density at radius 1 is 1.03 bits per heavy atom. The third-order valence-corrected chi connectivity index (χ3v) is 6.88. The van der Waals surface area contributed by atoms with E-state index >= 15 is 0 Å². The Kier molecular flexibility index (Phi) is 10.1. The molecule has 0 aromatic heterocycles. The third kappa shape index (κ3) is 7.45. The summed E-state index contributed by atoms with van der Waals surface area (Å²) in [7, 11) is -2.21. The summed E-state index contributed by atoms with van der Waals surface area (Å²) in [6, 6.07) is 13.6. The fourth-order valence-corrected chi connectivity index (χ4v) is 4.81. The van der Waals surface area contributed by atoms with Crippen LogP contribution in [-0.4, -0.2) is 57.6 Å². The highest BCUT2D eigenvalue weighted by Gasteiger charge is 2.32. The predicted octanol–water partition coefficient (Wildman–Crippen LogP) is 3.53. The number of hydrogen-bond acceptors (Lipinski definition) is 5. The third-order valence-electron chi connectivity index (χ3n) is 5.76. The lowest BCUT2D eigenvalue weighted by atomic mass is 10.0. The van der Waals surface area contributed by atoms with E-state index in [1.54, 1.807) is 31.4 Å². The van der Waals surface area contributed by atoms with E-state index in [-0.39, 0.29) is 18.4 Å². The molecule has 2 aromatic rings. The Morgan fingerprint density at radius 2 is 1.66 bits per heavy atom. The van der Waals surface area contributed by atoms with Crippen molar-refractivity contribution in [1.82, 2.24) is 10.2 Å². The molecule has 35 heavy (non-hydrogen) atoms. The zero-order valence-electron chi connectivity index (χ0n) is 21.4.